The lowest BCUT2D eigenvalue weighted by Crippen LogP contribution is -2.54. The van der Waals surface area contributed by atoms with Gasteiger partial charge in [0, 0.05) is 56.1 Å². The maximum Gasteiger partial charge on any atom is 0.430 e. The number of rotatable bonds is 12. The predicted molar refractivity (Wildman–Crippen MR) is 241 cm³/mol. The number of nitrogens with zero attached hydrogens (tertiary/aromatic N) is 2. The number of aryl methyl sites for hydroxylation is 1. The molecule has 0 saturated carbocycles. The number of aliphatic carboxylic acids is 2. The number of phenolic OH excluding ortho intramolecular Hbond substituents is 2. The second-order valence-electron chi connectivity index (χ2n) is 16.9. The third kappa shape index (κ3) is 13.4. The third-order valence-corrected chi connectivity index (χ3v) is 11.9. The number of amides is 5. The van der Waals surface area contributed by atoms with Crippen molar-refractivity contribution in [3.05, 3.63) is 107 Å². The van der Waals surface area contributed by atoms with E-state index in [2.05, 4.69) is 52.9 Å². The Balaban J connectivity index is 0.00000118. The monoisotopic (exact) mass is 960 g/mol. The van der Waals surface area contributed by atoms with Gasteiger partial charge in [-0.25, -0.2) is 4.79 Å². The number of quaternary nitrogens is 1. The lowest BCUT2D eigenvalue weighted by Gasteiger charge is -2.33. The number of nitrogens with one attached hydrogen (secondary N) is 3. The molecule has 17 nitrogen and oxygen atoms in total. The molecule has 4 aromatic rings. The topological polar surface area (TPSA) is 273 Å². The molecule has 0 aliphatic carbocycles. The van der Waals surface area contributed by atoms with Crippen LogP contribution in [-0.4, -0.2) is 118 Å². The van der Waals surface area contributed by atoms with Gasteiger partial charge in [0.1, 0.15) is 41.6 Å². The predicted octanol–water partition coefficient (Wildman–Crippen LogP) is 2.48. The number of fused-ring (bicyclic) bond motifs is 5. The van der Waals surface area contributed by atoms with E-state index in [4.69, 9.17) is 9.90 Å². The summed E-state index contributed by atoms with van der Waals surface area (Å²) in [7, 11) is 1.41. The van der Waals surface area contributed by atoms with Crippen LogP contribution in [-0.2, 0) is 41.6 Å². The largest absolute Gasteiger partial charge is 0.542 e. The molecule has 2 aliphatic heterocycles. The Labute approximate surface area is 395 Å². The number of carboxylic acid groups (broad SMARTS) is 2. The van der Waals surface area contributed by atoms with Crippen molar-refractivity contribution in [1.82, 2.24) is 25.8 Å². The molecule has 0 aromatic heterocycles. The number of halogens is 3. The van der Waals surface area contributed by atoms with Crippen molar-refractivity contribution in [1.29, 1.82) is 0 Å². The number of aromatic hydroxyl groups is 2. The minimum absolute atomic E-state index is 0.0175. The van der Waals surface area contributed by atoms with Crippen LogP contribution in [0.1, 0.15) is 72.6 Å². The molecule has 4 aromatic carbocycles. The van der Waals surface area contributed by atoms with E-state index >= 15 is 0 Å². The summed E-state index contributed by atoms with van der Waals surface area (Å²) in [6.07, 6.45) is -2.42. The Kier molecular flexibility index (Phi) is 17.5. The molecule has 1 saturated heterocycles. The highest BCUT2D eigenvalue weighted by atomic mass is 19.4. The van der Waals surface area contributed by atoms with E-state index in [1.807, 2.05) is 12.1 Å². The Morgan fingerprint density at radius 2 is 1.48 bits per heavy atom. The fourth-order valence-electron chi connectivity index (χ4n) is 8.29. The Hall–Kier alpha value is -7.48. The van der Waals surface area contributed by atoms with Crippen molar-refractivity contribution in [3.63, 3.8) is 0 Å². The molecule has 1 fully saturated rings. The average molecular weight is 961 g/mol. The number of hydrogen-bond donors (Lipinski definition) is 7. The van der Waals surface area contributed by atoms with Crippen molar-refractivity contribution in [2.24, 2.45) is 5.92 Å². The van der Waals surface area contributed by atoms with Gasteiger partial charge >= 0.3 is 12.1 Å². The normalized spacial score (nSPS) is 19.2. The van der Waals surface area contributed by atoms with Gasteiger partial charge in [-0.15, -0.1) is 0 Å². The second-order valence-corrected chi connectivity index (χ2v) is 16.9. The summed E-state index contributed by atoms with van der Waals surface area (Å²) in [6.45, 7) is 4.38. The average Bonchev–Trinajstić information content (AvgIpc) is 3.73. The molecule has 6 rings (SSSR count). The Bertz CT molecular complexity index is 2540. The molecule has 2 aliphatic rings. The van der Waals surface area contributed by atoms with Crippen LogP contribution in [0, 0.1) is 5.92 Å². The van der Waals surface area contributed by atoms with Gasteiger partial charge in [-0.2, -0.15) is 13.2 Å². The highest BCUT2D eigenvalue weighted by molar-refractivity contribution is 5.97. The number of likely N-dealkylation sites (N-methyl/N-ethyl adjacent to an activating group) is 1. The van der Waals surface area contributed by atoms with Gasteiger partial charge in [0.25, 0.3) is 5.91 Å². The number of benzene rings is 4. The summed E-state index contributed by atoms with van der Waals surface area (Å²) in [6, 6.07) is 19.1. The minimum atomic E-state index is -5.19. The van der Waals surface area contributed by atoms with Crippen LogP contribution in [0.5, 0.6) is 11.5 Å². The van der Waals surface area contributed by atoms with Gasteiger partial charge in [0.05, 0.1) is 6.54 Å². The van der Waals surface area contributed by atoms with Gasteiger partial charge in [-0.3, -0.25) is 24.0 Å². The summed E-state index contributed by atoms with van der Waals surface area (Å²) in [5, 5.41) is 48.5. The van der Waals surface area contributed by atoms with Crippen LogP contribution >= 0.6 is 0 Å². The minimum Gasteiger partial charge on any atom is -0.542 e. The van der Waals surface area contributed by atoms with E-state index in [1.165, 1.54) is 65.7 Å². The zero-order valence-electron chi connectivity index (χ0n) is 38.2. The summed E-state index contributed by atoms with van der Waals surface area (Å²) >= 11 is 0. The van der Waals surface area contributed by atoms with Gasteiger partial charge in [0.15, 0.2) is 0 Å². The molecule has 20 heteroatoms. The standard InChI is InChI=1S/C47H54N6O9.C2HF3O2/c1-4-5-28-6-9-31(10-7-28)32-11-13-33(14-12-32)44(58)49-21-19-41(56)53-26-30(18-20-48)24-38(53)46(60)52(3)42-34-15-17-40(55)36(25-34)35-22-29(8-16-39(35)54)23-37(47(61)62)51-43(57)27(2)50-45(42)59;3-2(4,5)1(6)7/h6-17,22,25,27,30,37-38,42,54-55H,4-5,18-21,23-24,26,48H2,1-3H3,(H,49,58)(H,50,59)(H,51,57)(H,61,62);(H,6,7)/t27-,30?,37-,38-,42-;/m0./s1. The number of carbonyl (C=O) groups is 7. The highest BCUT2D eigenvalue weighted by Crippen LogP contribution is 2.39. The molecule has 1 unspecified atom stereocenters. The molecule has 4 bridgehead atoms. The fraction of sp³-hybridized carbons (Fsp3) is 0.367. The van der Waals surface area contributed by atoms with E-state index in [9.17, 15) is 57.3 Å². The summed E-state index contributed by atoms with van der Waals surface area (Å²) in [4.78, 5) is 92.8. The first kappa shape index (κ1) is 52.5. The smallest absolute Gasteiger partial charge is 0.430 e. The van der Waals surface area contributed by atoms with Gasteiger partial charge in [0.2, 0.25) is 23.6 Å². The Morgan fingerprint density at radius 1 is 0.884 bits per heavy atom. The Morgan fingerprint density at radius 3 is 2.06 bits per heavy atom. The van der Waals surface area contributed by atoms with E-state index in [0.29, 0.717) is 30.5 Å². The van der Waals surface area contributed by atoms with Crippen molar-refractivity contribution in [3.8, 4) is 33.8 Å². The molecule has 69 heavy (non-hydrogen) atoms. The summed E-state index contributed by atoms with van der Waals surface area (Å²) < 4.78 is 31.5. The third-order valence-electron chi connectivity index (χ3n) is 11.9. The molecule has 5 atom stereocenters. The number of carbonyl (C=O) groups excluding carboxylic acids is 6. The maximum absolute atomic E-state index is 14.6. The van der Waals surface area contributed by atoms with E-state index < -0.39 is 60.0 Å². The molecular formula is C49H55F3N6O11. The summed E-state index contributed by atoms with van der Waals surface area (Å²) in [5.41, 5.74) is 8.60. The number of likely N-dealkylation sites (tertiary alicyclic amines) is 1. The zero-order valence-corrected chi connectivity index (χ0v) is 38.2. The number of alkyl halides is 3. The molecule has 368 valence electrons. The van der Waals surface area contributed by atoms with Crippen molar-refractivity contribution >= 4 is 41.5 Å². The lowest BCUT2D eigenvalue weighted by molar-refractivity contribution is -0.370. The quantitative estimate of drug-likeness (QED) is 0.108. The zero-order chi connectivity index (χ0) is 50.7. The van der Waals surface area contributed by atoms with Crippen LogP contribution in [0.3, 0.4) is 0 Å². The highest BCUT2D eigenvalue weighted by Gasteiger charge is 2.43. The number of carboxylic acids is 2. The van der Waals surface area contributed by atoms with Gasteiger partial charge in [-0.05, 0) is 89.9 Å². The van der Waals surface area contributed by atoms with Gasteiger partial charge in [-0.1, -0.05) is 61.9 Å². The summed E-state index contributed by atoms with van der Waals surface area (Å²) in [5.74, 6) is -7.70. The molecule has 9 N–H and O–H groups in total. The van der Waals surface area contributed by atoms with Crippen molar-refractivity contribution in [2.45, 2.75) is 82.7 Å². The first-order valence-electron chi connectivity index (χ1n) is 22.2. The first-order chi connectivity index (χ1) is 32.6. The maximum atomic E-state index is 14.6. The van der Waals surface area contributed by atoms with Crippen LogP contribution in [0.4, 0.5) is 13.2 Å². The number of phenols is 2. The van der Waals surface area contributed by atoms with Crippen LogP contribution < -0.4 is 26.8 Å². The fourth-order valence-corrected chi connectivity index (χ4v) is 8.29. The first-order valence-corrected chi connectivity index (χ1v) is 22.2. The molecule has 5 amide bonds. The van der Waals surface area contributed by atoms with Crippen LogP contribution in [0.25, 0.3) is 22.3 Å². The van der Waals surface area contributed by atoms with Crippen LogP contribution in [0.2, 0.25) is 0 Å². The number of hydrogen-bond acceptors (Lipinski definition) is 10. The van der Waals surface area contributed by atoms with E-state index in [1.54, 1.807) is 12.1 Å². The SMILES string of the molecule is CCCc1ccc(-c2ccc(C(=O)NCCC(=O)N3CC(CC[NH3+])C[C@H]3C(=O)N(C)[C@@H]3C(=O)N[C@@H](C)C(=O)N[C@H](C(=O)O)Cc4ccc(O)c(c4)-c4cc3ccc4O)cc2)cc1.O=C([O-])C(F)(F)F. The van der Waals surface area contributed by atoms with Crippen molar-refractivity contribution < 1.29 is 72.9 Å². The van der Waals surface area contributed by atoms with Crippen LogP contribution in [0.15, 0.2) is 84.9 Å². The second kappa shape index (κ2) is 23.0. The molecule has 0 spiro atoms. The molecule has 0 radical (unpaired) electrons. The van der Waals surface area contributed by atoms with E-state index in [0.717, 1.165) is 24.0 Å². The lowest BCUT2D eigenvalue weighted by atomic mass is 9.93. The van der Waals surface area contributed by atoms with Gasteiger partial charge < -0.3 is 56.7 Å². The van der Waals surface area contributed by atoms with Crippen molar-refractivity contribution in [2.75, 3.05) is 26.7 Å². The van der Waals surface area contributed by atoms with E-state index in [-0.39, 0.29) is 71.9 Å². The molecular weight excluding hydrogens is 906 g/mol. The molecule has 2 heterocycles.